The van der Waals surface area contributed by atoms with Crippen LogP contribution < -0.4 is 5.32 Å². The number of nitrogens with zero attached hydrogens (tertiary/aromatic N) is 4. The van der Waals surface area contributed by atoms with Crippen LogP contribution in [0.15, 0.2) is 6.07 Å². The molecule has 2 aromatic rings. The molecule has 37 heavy (non-hydrogen) atoms. The first-order valence-electron chi connectivity index (χ1n) is 13.7. The number of amides is 2. The number of ether oxygens (including phenoxy) is 1. The van der Waals surface area contributed by atoms with Crippen LogP contribution in [0.25, 0.3) is 10.2 Å². The Labute approximate surface area is 223 Å². The molecule has 3 aliphatic heterocycles. The number of carbonyl (C=O) groups is 2. The molecule has 3 fully saturated rings. The second-order valence-electron chi connectivity index (χ2n) is 12.0. The average molecular weight is 532 g/mol. The fourth-order valence-corrected chi connectivity index (χ4v) is 7.49. The second-order valence-corrected chi connectivity index (χ2v) is 13.1. The molecule has 2 amide bonds. The summed E-state index contributed by atoms with van der Waals surface area (Å²) >= 11 is 1.55. The van der Waals surface area contributed by atoms with E-state index in [1.54, 1.807) is 16.2 Å². The highest BCUT2D eigenvalue weighted by molar-refractivity contribution is 7.20. The minimum atomic E-state index is -0.809. The third-order valence-electron chi connectivity index (χ3n) is 8.53. The summed E-state index contributed by atoms with van der Waals surface area (Å²) in [7, 11) is 0. The van der Waals surface area contributed by atoms with Crippen molar-refractivity contribution in [2.45, 2.75) is 90.4 Å². The highest BCUT2D eigenvalue weighted by Gasteiger charge is 2.41. The van der Waals surface area contributed by atoms with Gasteiger partial charge in [-0.15, -0.1) is 11.3 Å². The van der Waals surface area contributed by atoms with Crippen molar-refractivity contribution in [2.75, 3.05) is 32.8 Å². The SMILES string of the molecule is Cc1nn(C2CCOCC2)c2sc(C(=O)NC3CCN(C4CCN(C(=O)O)C(C(C)(C)C)C4)CC3)cc12. The second kappa shape index (κ2) is 10.5. The van der Waals surface area contributed by atoms with Crippen molar-refractivity contribution in [3.8, 4) is 0 Å². The van der Waals surface area contributed by atoms with E-state index >= 15 is 0 Å². The smallest absolute Gasteiger partial charge is 0.407 e. The van der Waals surface area contributed by atoms with Gasteiger partial charge in [-0.3, -0.25) is 9.48 Å². The minimum Gasteiger partial charge on any atom is -0.465 e. The molecule has 2 N–H and O–H groups in total. The quantitative estimate of drug-likeness (QED) is 0.602. The number of hydrogen-bond acceptors (Lipinski definition) is 6. The molecular formula is C27H41N5O4S. The third-order valence-corrected chi connectivity index (χ3v) is 9.65. The zero-order valence-corrected chi connectivity index (χ0v) is 23.4. The van der Waals surface area contributed by atoms with Crippen LogP contribution in [0.2, 0.25) is 0 Å². The fourth-order valence-electron chi connectivity index (χ4n) is 6.35. The third kappa shape index (κ3) is 5.52. The van der Waals surface area contributed by atoms with Gasteiger partial charge in [0.2, 0.25) is 0 Å². The molecule has 9 nitrogen and oxygen atoms in total. The summed E-state index contributed by atoms with van der Waals surface area (Å²) in [6.07, 6.45) is 4.70. The van der Waals surface area contributed by atoms with Crippen LogP contribution in [0.3, 0.4) is 0 Å². The molecule has 0 saturated carbocycles. The molecule has 2 aromatic heterocycles. The number of aromatic nitrogens is 2. The van der Waals surface area contributed by atoms with E-state index in [1.165, 1.54) is 0 Å². The van der Waals surface area contributed by atoms with E-state index in [2.05, 4.69) is 35.7 Å². The van der Waals surface area contributed by atoms with Crippen molar-refractivity contribution in [2.24, 2.45) is 5.41 Å². The van der Waals surface area contributed by atoms with Crippen LogP contribution in [0.5, 0.6) is 0 Å². The summed E-state index contributed by atoms with van der Waals surface area (Å²) in [5, 5.41) is 18.8. The molecule has 0 aliphatic carbocycles. The van der Waals surface area contributed by atoms with Gasteiger partial charge in [0.25, 0.3) is 5.91 Å². The van der Waals surface area contributed by atoms with Crippen LogP contribution in [0.4, 0.5) is 4.79 Å². The maximum atomic E-state index is 13.2. The van der Waals surface area contributed by atoms with Gasteiger partial charge >= 0.3 is 6.09 Å². The molecular weight excluding hydrogens is 490 g/mol. The standard InChI is InChI=1S/C27H41N5O4S/c1-17-21-16-22(37-25(21)32(29-17)19-8-13-36-14-9-19)24(33)28-18-5-10-30(11-6-18)20-7-12-31(26(34)35)23(15-20)27(2,3)4/h16,18-20,23H,5-15H2,1-4H3,(H,28,33)(H,34,35). The molecule has 10 heteroatoms. The van der Waals surface area contributed by atoms with Gasteiger partial charge in [-0.1, -0.05) is 20.8 Å². The Bertz CT molecular complexity index is 1120. The van der Waals surface area contributed by atoms with Gasteiger partial charge < -0.3 is 25.0 Å². The maximum absolute atomic E-state index is 13.2. The first-order valence-corrected chi connectivity index (χ1v) is 14.5. The van der Waals surface area contributed by atoms with Crippen molar-refractivity contribution in [1.29, 1.82) is 0 Å². The van der Waals surface area contributed by atoms with E-state index in [4.69, 9.17) is 9.84 Å². The Morgan fingerprint density at radius 2 is 1.78 bits per heavy atom. The summed E-state index contributed by atoms with van der Waals surface area (Å²) in [6.45, 7) is 12.4. The van der Waals surface area contributed by atoms with E-state index in [0.717, 1.165) is 85.6 Å². The molecule has 5 heterocycles. The van der Waals surface area contributed by atoms with E-state index in [9.17, 15) is 14.7 Å². The number of hydrogen-bond donors (Lipinski definition) is 2. The zero-order chi connectivity index (χ0) is 26.3. The van der Waals surface area contributed by atoms with Crippen LogP contribution in [0, 0.1) is 12.3 Å². The van der Waals surface area contributed by atoms with Gasteiger partial charge in [-0.05, 0) is 56.9 Å². The predicted octanol–water partition coefficient (Wildman–Crippen LogP) is 4.51. The van der Waals surface area contributed by atoms with Crippen molar-refractivity contribution >= 4 is 33.6 Å². The van der Waals surface area contributed by atoms with E-state index in [-0.39, 0.29) is 23.4 Å². The predicted molar refractivity (Wildman–Crippen MR) is 144 cm³/mol. The molecule has 2 atom stereocenters. The number of carboxylic acid groups (broad SMARTS) is 1. The molecule has 0 bridgehead atoms. The first kappa shape index (κ1) is 26.4. The van der Waals surface area contributed by atoms with Crippen molar-refractivity contribution in [3.05, 3.63) is 16.6 Å². The number of piperidine rings is 2. The number of carbonyl (C=O) groups excluding carboxylic acids is 1. The van der Waals surface area contributed by atoms with Crippen molar-refractivity contribution in [1.82, 2.24) is 24.9 Å². The number of fused-ring (bicyclic) bond motifs is 1. The van der Waals surface area contributed by atoms with Gasteiger partial charge in [-0.25, -0.2) is 4.79 Å². The van der Waals surface area contributed by atoms with Gasteiger partial charge in [0.15, 0.2) is 0 Å². The zero-order valence-electron chi connectivity index (χ0n) is 22.5. The van der Waals surface area contributed by atoms with Crippen LogP contribution in [0.1, 0.15) is 80.7 Å². The molecule has 2 unspecified atom stereocenters. The summed E-state index contributed by atoms with van der Waals surface area (Å²) in [5.41, 5.74) is 0.890. The average Bonchev–Trinajstić information content (AvgIpc) is 3.45. The topological polar surface area (TPSA) is 99.9 Å². The van der Waals surface area contributed by atoms with Gasteiger partial charge in [0.1, 0.15) is 4.83 Å². The number of nitrogens with one attached hydrogen (secondary N) is 1. The van der Waals surface area contributed by atoms with Gasteiger partial charge in [0.05, 0.1) is 16.6 Å². The lowest BCUT2D eigenvalue weighted by molar-refractivity contribution is 0.0127. The summed E-state index contributed by atoms with van der Waals surface area (Å²) in [5.74, 6) is 0.0140. The lowest BCUT2D eigenvalue weighted by Gasteiger charge is -2.48. The summed E-state index contributed by atoms with van der Waals surface area (Å²) < 4.78 is 7.64. The first-order chi connectivity index (χ1) is 17.6. The molecule has 0 spiro atoms. The summed E-state index contributed by atoms with van der Waals surface area (Å²) in [4.78, 5) is 31.0. The molecule has 3 saturated heterocycles. The van der Waals surface area contributed by atoms with Crippen LogP contribution in [-0.2, 0) is 4.74 Å². The van der Waals surface area contributed by atoms with Crippen molar-refractivity contribution in [3.63, 3.8) is 0 Å². The Kier molecular flexibility index (Phi) is 7.53. The molecule has 5 rings (SSSR count). The Hall–Kier alpha value is -2.17. The minimum absolute atomic E-state index is 0.0140. The Morgan fingerprint density at radius 3 is 2.43 bits per heavy atom. The largest absolute Gasteiger partial charge is 0.465 e. The number of likely N-dealkylation sites (tertiary alicyclic amines) is 2. The van der Waals surface area contributed by atoms with Crippen molar-refractivity contribution < 1.29 is 19.4 Å². The number of rotatable bonds is 4. The van der Waals surface area contributed by atoms with E-state index in [0.29, 0.717) is 18.6 Å². The number of aryl methyl sites for hydroxylation is 1. The van der Waals surface area contributed by atoms with E-state index < -0.39 is 6.09 Å². The monoisotopic (exact) mass is 531 g/mol. The number of thiophene rings is 1. The lowest BCUT2D eigenvalue weighted by Crippen LogP contribution is -2.57. The highest BCUT2D eigenvalue weighted by Crippen LogP contribution is 2.35. The normalized spacial score (nSPS) is 25.0. The molecule has 204 valence electrons. The summed E-state index contributed by atoms with van der Waals surface area (Å²) in [6, 6.07) is 2.93. The van der Waals surface area contributed by atoms with Gasteiger partial charge in [-0.2, -0.15) is 5.10 Å². The van der Waals surface area contributed by atoms with Crippen LogP contribution in [-0.4, -0.2) is 87.7 Å². The lowest BCUT2D eigenvalue weighted by atomic mass is 9.78. The Morgan fingerprint density at radius 1 is 1.08 bits per heavy atom. The fraction of sp³-hybridized carbons (Fsp3) is 0.741. The van der Waals surface area contributed by atoms with Gasteiger partial charge in [0, 0.05) is 56.4 Å². The molecule has 0 radical (unpaired) electrons. The molecule has 3 aliphatic rings. The highest BCUT2D eigenvalue weighted by atomic mass is 32.1. The maximum Gasteiger partial charge on any atom is 0.407 e. The molecule has 0 aromatic carbocycles. The Balaban J connectivity index is 1.18. The van der Waals surface area contributed by atoms with E-state index in [1.807, 2.05) is 13.0 Å². The van der Waals surface area contributed by atoms with Crippen LogP contribution >= 0.6 is 11.3 Å².